The molecule has 2 aliphatic rings. The Morgan fingerprint density at radius 2 is 1.61 bits per heavy atom. The lowest BCUT2D eigenvalue weighted by atomic mass is 9.93. The summed E-state index contributed by atoms with van der Waals surface area (Å²) >= 11 is 13.5. The van der Waals surface area contributed by atoms with E-state index in [9.17, 15) is 19.2 Å². The zero-order valence-electron chi connectivity index (χ0n) is 25.9. The van der Waals surface area contributed by atoms with Gasteiger partial charge in [0.15, 0.2) is 0 Å². The van der Waals surface area contributed by atoms with E-state index in [2.05, 4.69) is 32.9 Å². The summed E-state index contributed by atoms with van der Waals surface area (Å²) in [5.41, 5.74) is 3.24. The second kappa shape index (κ2) is 16.8. The van der Waals surface area contributed by atoms with Crippen molar-refractivity contribution in [2.24, 2.45) is 5.92 Å². The van der Waals surface area contributed by atoms with Crippen LogP contribution in [0.3, 0.4) is 0 Å². The lowest BCUT2D eigenvalue weighted by Gasteiger charge is -2.30. The zero-order valence-corrected chi connectivity index (χ0v) is 28.2. The largest absolute Gasteiger partial charge is 0.462 e. The van der Waals surface area contributed by atoms with Crippen LogP contribution in [0, 0.1) is 5.92 Å². The van der Waals surface area contributed by atoms with Gasteiger partial charge in [0.1, 0.15) is 5.03 Å². The monoisotopic (exact) mass is 658 g/mol. The number of carbonyl (C=O) groups is 4. The quantitative estimate of drug-likeness (QED) is 0.152. The summed E-state index contributed by atoms with van der Waals surface area (Å²) < 4.78 is 4.84. The van der Waals surface area contributed by atoms with Crippen LogP contribution in [0.5, 0.6) is 0 Å². The molecular weight excluding hydrogens is 619 g/mol. The number of imide groups is 1. The fourth-order valence-electron chi connectivity index (χ4n) is 4.90. The number of ether oxygens (including phenoxy) is 1. The second-order valence-corrected chi connectivity index (χ2v) is 12.6. The number of hydrogen-bond donors (Lipinski definition) is 0. The predicted octanol–water partition coefficient (Wildman–Crippen LogP) is 8.63. The number of benzene rings is 2. The van der Waals surface area contributed by atoms with Gasteiger partial charge >= 0.3 is 5.97 Å². The molecule has 0 aromatic heterocycles. The summed E-state index contributed by atoms with van der Waals surface area (Å²) in [6.45, 7) is 11.1. The third-order valence-corrected chi connectivity index (χ3v) is 9.18. The number of rotatable bonds is 9. The maximum Gasteiger partial charge on any atom is 0.349 e. The first kappa shape index (κ1) is 35.4. The van der Waals surface area contributed by atoms with Gasteiger partial charge in [-0.2, -0.15) is 0 Å². The Kier molecular flexibility index (Phi) is 13.6. The van der Waals surface area contributed by atoms with Crippen LogP contribution < -0.4 is 4.90 Å². The molecule has 1 aliphatic heterocycles. The Morgan fingerprint density at radius 1 is 1.00 bits per heavy atom. The molecule has 0 radical (unpaired) electrons. The maximum absolute atomic E-state index is 12.7. The average molecular weight is 660 g/mol. The van der Waals surface area contributed by atoms with Crippen molar-refractivity contribution >= 4 is 69.8 Å². The summed E-state index contributed by atoms with van der Waals surface area (Å²) in [5, 5.41) is 0.387. The predicted molar refractivity (Wildman–Crippen MR) is 180 cm³/mol. The summed E-state index contributed by atoms with van der Waals surface area (Å²) in [4.78, 5) is 52.3. The number of thioether (sulfide) groups is 1. The molecule has 1 heterocycles. The van der Waals surface area contributed by atoms with Gasteiger partial charge in [-0.05, 0) is 87.8 Å². The van der Waals surface area contributed by atoms with E-state index >= 15 is 0 Å². The van der Waals surface area contributed by atoms with Gasteiger partial charge in [0.25, 0.3) is 17.1 Å². The Morgan fingerprint density at radius 3 is 2.16 bits per heavy atom. The summed E-state index contributed by atoms with van der Waals surface area (Å²) in [6.07, 6.45) is 4.45. The second-order valence-electron chi connectivity index (χ2n) is 10.8. The first-order valence-corrected chi connectivity index (χ1v) is 16.7. The van der Waals surface area contributed by atoms with Crippen LogP contribution in [-0.2, 0) is 24.9 Å². The highest BCUT2D eigenvalue weighted by atomic mass is 35.5. The topological polar surface area (TPSA) is 84.0 Å². The minimum Gasteiger partial charge on any atom is -0.462 e. The Hall–Kier alpha value is -3.07. The molecule has 2 aromatic rings. The molecular formula is C34H40Cl2N2O5S. The highest BCUT2D eigenvalue weighted by Gasteiger charge is 2.39. The minimum absolute atomic E-state index is 0.137. The van der Waals surface area contributed by atoms with E-state index in [4.69, 9.17) is 27.9 Å². The van der Waals surface area contributed by atoms with Gasteiger partial charge in [0.2, 0.25) is 0 Å². The van der Waals surface area contributed by atoms with Crippen molar-refractivity contribution in [1.82, 2.24) is 4.90 Å². The molecule has 44 heavy (non-hydrogen) atoms. The molecule has 10 heteroatoms. The summed E-state index contributed by atoms with van der Waals surface area (Å²) in [7, 11) is 0. The average Bonchev–Trinajstić information content (AvgIpc) is 3.27. The molecule has 4 rings (SSSR count). The van der Waals surface area contributed by atoms with Crippen LogP contribution in [0.1, 0.15) is 71.4 Å². The van der Waals surface area contributed by atoms with E-state index in [1.165, 1.54) is 28.3 Å². The molecule has 3 amide bonds. The Bertz CT molecular complexity index is 1400. The van der Waals surface area contributed by atoms with Crippen molar-refractivity contribution in [3.63, 3.8) is 0 Å². The molecule has 0 saturated carbocycles. The summed E-state index contributed by atoms with van der Waals surface area (Å²) in [6, 6.07) is 15.2. The first-order valence-electron chi connectivity index (χ1n) is 14.9. The summed E-state index contributed by atoms with van der Waals surface area (Å²) in [5.74, 6) is 0.0188. The maximum atomic E-state index is 12.7. The molecule has 1 atom stereocenters. The lowest BCUT2D eigenvalue weighted by molar-refractivity contribution is -0.137. The van der Waals surface area contributed by atoms with E-state index < -0.39 is 5.97 Å². The van der Waals surface area contributed by atoms with Crippen molar-refractivity contribution in [2.75, 3.05) is 18.1 Å². The lowest BCUT2D eigenvalue weighted by Crippen LogP contribution is -2.39. The van der Waals surface area contributed by atoms with Gasteiger partial charge in [0.05, 0.1) is 12.3 Å². The molecule has 0 saturated heterocycles. The third kappa shape index (κ3) is 8.99. The Balaban J connectivity index is 0.000000259. The number of amides is 3. The molecule has 1 unspecified atom stereocenters. The smallest absolute Gasteiger partial charge is 0.349 e. The first-order chi connectivity index (χ1) is 21.0. The van der Waals surface area contributed by atoms with Crippen LogP contribution in [0.15, 0.2) is 64.7 Å². The molecule has 7 nitrogen and oxygen atoms in total. The number of esters is 1. The molecule has 0 spiro atoms. The van der Waals surface area contributed by atoms with E-state index in [1.54, 1.807) is 25.1 Å². The molecule has 0 fully saturated rings. The van der Waals surface area contributed by atoms with Crippen molar-refractivity contribution in [3.05, 3.63) is 80.9 Å². The van der Waals surface area contributed by atoms with Crippen LogP contribution >= 0.6 is 35.0 Å². The number of carbonyl (C=O) groups excluding carboxylic acids is 4. The number of nitrogens with zero attached hydrogens (tertiary/aromatic N) is 2. The SMILES string of the molecule is CCN(C(=O)SCc1ccccc1)C(C)C(C)C.CCOC(=O)/C(Cl)=C/c1cc(N2C(=O)C3=C(CCCC3)C2=O)ccc1Cl. The Labute approximate surface area is 274 Å². The third-order valence-electron chi connectivity index (χ3n) is 7.62. The van der Waals surface area contributed by atoms with Crippen molar-refractivity contribution in [2.45, 2.75) is 72.1 Å². The number of halogens is 2. The van der Waals surface area contributed by atoms with Gasteiger partial charge in [-0.15, -0.1) is 0 Å². The van der Waals surface area contributed by atoms with Gasteiger partial charge in [-0.1, -0.05) is 79.1 Å². The van der Waals surface area contributed by atoms with E-state index in [0.717, 1.165) is 25.1 Å². The highest BCUT2D eigenvalue weighted by Crippen LogP contribution is 2.37. The van der Waals surface area contributed by atoms with Crippen LogP contribution in [0.25, 0.3) is 6.08 Å². The van der Waals surface area contributed by atoms with E-state index in [1.807, 2.05) is 30.0 Å². The fraction of sp³-hybridized carbons (Fsp3) is 0.412. The number of anilines is 1. The van der Waals surface area contributed by atoms with Crippen LogP contribution in [0.2, 0.25) is 5.02 Å². The fourth-order valence-corrected chi connectivity index (χ4v) is 6.18. The number of hydrogen-bond acceptors (Lipinski definition) is 6. The van der Waals surface area contributed by atoms with Crippen LogP contribution in [-0.4, -0.2) is 47.1 Å². The molecule has 1 aliphatic carbocycles. The molecule has 236 valence electrons. The van der Waals surface area contributed by atoms with Gasteiger partial charge < -0.3 is 9.64 Å². The van der Waals surface area contributed by atoms with Gasteiger partial charge in [-0.3, -0.25) is 14.4 Å². The normalized spacial score (nSPS) is 15.5. The molecule has 2 aromatic carbocycles. The zero-order chi connectivity index (χ0) is 32.4. The van der Waals surface area contributed by atoms with Crippen molar-refractivity contribution < 1.29 is 23.9 Å². The van der Waals surface area contributed by atoms with Gasteiger partial charge in [0, 0.05) is 34.5 Å². The van der Waals surface area contributed by atoms with Gasteiger partial charge in [-0.25, -0.2) is 9.69 Å². The van der Waals surface area contributed by atoms with E-state index in [0.29, 0.717) is 52.2 Å². The molecule has 0 N–H and O–H groups in total. The van der Waals surface area contributed by atoms with Crippen molar-refractivity contribution in [3.8, 4) is 0 Å². The van der Waals surface area contributed by atoms with Crippen molar-refractivity contribution in [1.29, 1.82) is 0 Å². The highest BCUT2D eigenvalue weighted by molar-refractivity contribution is 8.12. The van der Waals surface area contributed by atoms with Crippen LogP contribution in [0.4, 0.5) is 10.5 Å². The standard InChI is InChI=1S/C19H17Cl2NO4.C15H23NOS/c1-2-26-19(25)16(21)10-11-9-12(7-8-15(11)20)22-17(23)13-5-3-4-6-14(13)18(22)24;1-5-16(13(4)12(2)3)15(17)18-11-14-9-7-6-8-10-14/h7-10H,2-6H2,1H3;6-10,12-13H,5,11H2,1-4H3/b16-10-;. The minimum atomic E-state index is -0.666. The van der Waals surface area contributed by atoms with E-state index in [-0.39, 0.29) is 28.7 Å². The molecule has 0 bridgehead atoms.